The second-order valence-corrected chi connectivity index (χ2v) is 10.9. The molecule has 0 aliphatic carbocycles. The van der Waals surface area contributed by atoms with Crippen LogP contribution < -0.4 is 10.7 Å². The molecule has 5 heterocycles. The van der Waals surface area contributed by atoms with Crippen LogP contribution in [0, 0.1) is 5.92 Å². The van der Waals surface area contributed by atoms with E-state index in [1.54, 1.807) is 41.5 Å². The van der Waals surface area contributed by atoms with Gasteiger partial charge in [-0.15, -0.1) is 5.10 Å². The Morgan fingerprint density at radius 3 is 2.73 bits per heavy atom. The molecule has 208 valence electrons. The first-order valence-electron chi connectivity index (χ1n) is 13.1. The standard InChI is InChI=1S/C29H25Cl2N7O3/c1-16-4-3-5-19(22-10-17(8-9-32-22)28-23(34-29(16)40)13-33-37(28)2)21-15-41-26(12-25(21)39)20-11-18(30)6-7-24(20)38-14-27(31)35-36-38/h6-16,19H,3-5H2,1-2H3,(H,34,40)/t16-,19-/m1/s1. The summed E-state index contributed by atoms with van der Waals surface area (Å²) in [5, 5.41) is 16.0. The van der Waals surface area contributed by atoms with E-state index in [0.29, 0.717) is 52.5 Å². The van der Waals surface area contributed by atoms with E-state index in [4.69, 9.17) is 27.6 Å². The minimum Gasteiger partial charge on any atom is -0.464 e. The van der Waals surface area contributed by atoms with Gasteiger partial charge in [0, 0.05) is 58.6 Å². The molecule has 0 radical (unpaired) electrons. The van der Waals surface area contributed by atoms with Crippen molar-refractivity contribution < 1.29 is 9.21 Å². The number of halogens is 2. The molecular weight excluding hydrogens is 565 g/mol. The molecule has 12 heteroatoms. The summed E-state index contributed by atoms with van der Waals surface area (Å²) in [6.07, 6.45) is 8.37. The van der Waals surface area contributed by atoms with Crippen molar-refractivity contribution in [2.75, 3.05) is 5.32 Å². The summed E-state index contributed by atoms with van der Waals surface area (Å²) in [6, 6.07) is 10.4. The number of hydrogen-bond donors (Lipinski definition) is 1. The monoisotopic (exact) mass is 589 g/mol. The van der Waals surface area contributed by atoms with Crippen molar-refractivity contribution in [3.05, 3.63) is 92.9 Å². The van der Waals surface area contributed by atoms with E-state index >= 15 is 0 Å². The van der Waals surface area contributed by atoms with Crippen LogP contribution in [0.2, 0.25) is 10.2 Å². The Morgan fingerprint density at radius 1 is 1.10 bits per heavy atom. The van der Waals surface area contributed by atoms with E-state index in [2.05, 4.69) is 25.7 Å². The summed E-state index contributed by atoms with van der Waals surface area (Å²) in [5.74, 6) is -0.317. The summed E-state index contributed by atoms with van der Waals surface area (Å²) in [6.45, 7) is 1.90. The predicted octanol–water partition coefficient (Wildman–Crippen LogP) is 5.88. The molecule has 5 aromatic rings. The van der Waals surface area contributed by atoms with Crippen LogP contribution in [0.25, 0.3) is 28.3 Å². The number of hydrogen-bond acceptors (Lipinski definition) is 7. The molecule has 4 aromatic heterocycles. The number of carbonyl (C=O) groups excluding carboxylic acids is 1. The van der Waals surface area contributed by atoms with Crippen molar-refractivity contribution in [2.24, 2.45) is 13.0 Å². The smallest absolute Gasteiger partial charge is 0.227 e. The van der Waals surface area contributed by atoms with Gasteiger partial charge in [-0.1, -0.05) is 41.8 Å². The third-order valence-corrected chi connectivity index (χ3v) is 7.77. The van der Waals surface area contributed by atoms with Gasteiger partial charge in [0.05, 0.1) is 35.7 Å². The van der Waals surface area contributed by atoms with Crippen LogP contribution in [-0.4, -0.2) is 35.7 Å². The second-order valence-electron chi connectivity index (χ2n) is 10.1. The maximum absolute atomic E-state index is 13.7. The SMILES string of the molecule is C[C@@H]1CCC[C@H](c2coc(-c3cc(Cl)ccc3-n3cc(Cl)nn3)cc2=O)c2cc(ccn2)-c2c(cnn2C)NC1=O. The Bertz CT molecular complexity index is 1830. The molecule has 2 bridgehead atoms. The molecule has 1 aliphatic heterocycles. The molecule has 0 fully saturated rings. The summed E-state index contributed by atoms with van der Waals surface area (Å²) < 4.78 is 9.30. The predicted molar refractivity (Wildman–Crippen MR) is 155 cm³/mol. The lowest BCUT2D eigenvalue weighted by molar-refractivity contribution is -0.119. The summed E-state index contributed by atoms with van der Waals surface area (Å²) in [4.78, 5) is 31.3. The summed E-state index contributed by atoms with van der Waals surface area (Å²) in [5.41, 5.74) is 4.39. The molecule has 0 spiro atoms. The highest BCUT2D eigenvalue weighted by Crippen LogP contribution is 2.35. The second kappa shape index (κ2) is 10.9. The van der Waals surface area contributed by atoms with E-state index < -0.39 is 0 Å². The minimum absolute atomic E-state index is 0.0690. The van der Waals surface area contributed by atoms with Crippen LogP contribution in [0.4, 0.5) is 5.69 Å². The number of rotatable bonds is 3. The highest BCUT2D eigenvalue weighted by Gasteiger charge is 2.25. The first-order chi connectivity index (χ1) is 19.8. The van der Waals surface area contributed by atoms with Crippen LogP contribution in [0.5, 0.6) is 0 Å². The van der Waals surface area contributed by atoms with Crippen molar-refractivity contribution in [1.29, 1.82) is 0 Å². The van der Waals surface area contributed by atoms with Crippen molar-refractivity contribution in [3.63, 3.8) is 0 Å². The summed E-state index contributed by atoms with van der Waals surface area (Å²) >= 11 is 12.3. The average molecular weight is 590 g/mol. The third-order valence-electron chi connectivity index (χ3n) is 7.36. The van der Waals surface area contributed by atoms with Gasteiger partial charge in [-0.25, -0.2) is 4.68 Å². The first-order valence-corrected chi connectivity index (χ1v) is 13.8. The Hall–Kier alpha value is -4.28. The fourth-order valence-electron chi connectivity index (χ4n) is 5.22. The normalized spacial score (nSPS) is 17.3. The molecule has 2 atom stereocenters. The van der Waals surface area contributed by atoms with Crippen molar-refractivity contribution in [1.82, 2.24) is 29.8 Å². The highest BCUT2D eigenvalue weighted by atomic mass is 35.5. The topological polar surface area (TPSA) is 121 Å². The maximum Gasteiger partial charge on any atom is 0.227 e. The number of nitrogens with zero attached hydrogens (tertiary/aromatic N) is 6. The van der Waals surface area contributed by atoms with Crippen molar-refractivity contribution >= 4 is 34.8 Å². The lowest BCUT2D eigenvalue weighted by Crippen LogP contribution is -2.22. The lowest BCUT2D eigenvalue weighted by atomic mass is 9.88. The van der Waals surface area contributed by atoms with Crippen LogP contribution in [0.3, 0.4) is 0 Å². The zero-order chi connectivity index (χ0) is 28.7. The molecule has 1 N–H and O–H groups in total. The summed E-state index contributed by atoms with van der Waals surface area (Å²) in [7, 11) is 1.82. The minimum atomic E-state index is -0.348. The Morgan fingerprint density at radius 2 is 1.95 bits per heavy atom. The van der Waals surface area contributed by atoms with Crippen LogP contribution in [0.1, 0.15) is 43.4 Å². The first kappa shape index (κ1) is 26.9. The molecule has 10 nitrogen and oxygen atoms in total. The number of fused-ring (bicyclic) bond motifs is 4. The molecule has 6 rings (SSSR count). The van der Waals surface area contributed by atoms with Gasteiger partial charge >= 0.3 is 0 Å². The number of aromatic nitrogens is 6. The van der Waals surface area contributed by atoms with E-state index in [1.165, 1.54) is 17.0 Å². The fraction of sp³-hybridized carbons (Fsp3) is 0.241. The zero-order valence-corrected chi connectivity index (χ0v) is 23.7. The van der Waals surface area contributed by atoms with E-state index in [-0.39, 0.29) is 28.3 Å². The van der Waals surface area contributed by atoms with E-state index in [0.717, 1.165) is 17.0 Å². The van der Waals surface area contributed by atoms with Gasteiger partial charge in [-0.2, -0.15) is 5.10 Å². The quantitative estimate of drug-likeness (QED) is 0.279. The number of nitrogens with one attached hydrogen (secondary N) is 1. The molecule has 0 saturated carbocycles. The Balaban J connectivity index is 1.44. The van der Waals surface area contributed by atoms with Gasteiger partial charge in [0.2, 0.25) is 5.91 Å². The van der Waals surface area contributed by atoms with Gasteiger partial charge in [-0.05, 0) is 43.2 Å². The average Bonchev–Trinajstić information content (AvgIpc) is 3.55. The number of benzene rings is 1. The van der Waals surface area contributed by atoms with Gasteiger partial charge in [-0.3, -0.25) is 19.3 Å². The largest absolute Gasteiger partial charge is 0.464 e. The van der Waals surface area contributed by atoms with Gasteiger partial charge in [0.1, 0.15) is 5.76 Å². The van der Waals surface area contributed by atoms with Gasteiger partial charge in [0.25, 0.3) is 0 Å². The molecule has 0 unspecified atom stereocenters. The van der Waals surface area contributed by atoms with Crippen molar-refractivity contribution in [2.45, 2.75) is 32.1 Å². The van der Waals surface area contributed by atoms with E-state index in [9.17, 15) is 9.59 Å². The number of anilines is 1. The van der Waals surface area contributed by atoms with Crippen LogP contribution in [0.15, 0.2) is 70.5 Å². The maximum atomic E-state index is 13.7. The molecule has 1 aromatic carbocycles. The number of aryl methyl sites for hydroxylation is 1. The van der Waals surface area contributed by atoms with E-state index in [1.807, 2.05) is 26.1 Å². The molecule has 41 heavy (non-hydrogen) atoms. The van der Waals surface area contributed by atoms with Crippen molar-refractivity contribution in [3.8, 4) is 28.3 Å². The molecular formula is C29H25Cl2N7O3. The molecule has 1 aliphatic rings. The Labute approximate surface area is 244 Å². The third kappa shape index (κ3) is 5.28. The molecule has 0 saturated heterocycles. The highest BCUT2D eigenvalue weighted by molar-refractivity contribution is 6.31. The number of carbonyl (C=O) groups is 1. The Kier molecular flexibility index (Phi) is 7.19. The lowest BCUT2D eigenvalue weighted by Gasteiger charge is -2.20. The van der Waals surface area contributed by atoms with Gasteiger partial charge in [0.15, 0.2) is 10.6 Å². The van der Waals surface area contributed by atoms with Crippen LogP contribution in [-0.2, 0) is 11.8 Å². The number of amides is 1. The van der Waals surface area contributed by atoms with Crippen LogP contribution >= 0.6 is 23.2 Å². The zero-order valence-electron chi connectivity index (χ0n) is 22.2. The fourth-order valence-corrected chi connectivity index (χ4v) is 5.52. The molecule has 1 amide bonds. The van der Waals surface area contributed by atoms with Gasteiger partial charge < -0.3 is 9.73 Å². The number of pyridine rings is 1.